The van der Waals surface area contributed by atoms with Crippen molar-refractivity contribution in [1.82, 2.24) is 0 Å². The van der Waals surface area contributed by atoms with Crippen molar-refractivity contribution in [3.8, 4) is 17.2 Å². The van der Waals surface area contributed by atoms with Gasteiger partial charge in [-0.2, -0.15) is 8.78 Å². The van der Waals surface area contributed by atoms with E-state index in [1.165, 1.54) is 5.56 Å². The van der Waals surface area contributed by atoms with Crippen molar-refractivity contribution in [3.05, 3.63) is 100 Å². The summed E-state index contributed by atoms with van der Waals surface area (Å²) in [5.74, 6) is -3.15. The highest BCUT2D eigenvalue weighted by Gasteiger charge is 2.28. The van der Waals surface area contributed by atoms with Crippen LogP contribution in [-0.4, -0.2) is 0 Å². The van der Waals surface area contributed by atoms with E-state index in [4.69, 9.17) is 9.47 Å². The Morgan fingerprint density at radius 3 is 2.34 bits per heavy atom. The molecule has 0 saturated carbocycles. The summed E-state index contributed by atoms with van der Waals surface area (Å²) in [5, 5.41) is 0. The van der Waals surface area contributed by atoms with E-state index >= 15 is 4.39 Å². The molecule has 1 heterocycles. The zero-order valence-electron chi connectivity index (χ0n) is 18.0. The van der Waals surface area contributed by atoms with Gasteiger partial charge in [-0.15, -0.1) is 6.58 Å². The van der Waals surface area contributed by atoms with Crippen LogP contribution in [0.15, 0.2) is 55.1 Å². The van der Waals surface area contributed by atoms with Crippen LogP contribution >= 0.6 is 0 Å². The molecule has 0 atom stereocenters. The topological polar surface area (TPSA) is 18.5 Å². The van der Waals surface area contributed by atoms with Gasteiger partial charge in [0.25, 0.3) is 0 Å². The molecule has 0 radical (unpaired) electrons. The van der Waals surface area contributed by atoms with Gasteiger partial charge in [0.05, 0.1) is 0 Å². The number of hydrogen-bond donors (Lipinski definition) is 0. The number of hydrogen-bond acceptors (Lipinski definition) is 2. The van der Waals surface area contributed by atoms with E-state index in [-0.39, 0.29) is 35.8 Å². The van der Waals surface area contributed by atoms with Gasteiger partial charge in [-0.3, -0.25) is 0 Å². The fourth-order valence-corrected chi connectivity index (χ4v) is 3.90. The maximum Gasteiger partial charge on any atom is 0.207 e. The van der Waals surface area contributed by atoms with Crippen molar-refractivity contribution in [3.63, 3.8) is 0 Å². The maximum absolute atomic E-state index is 15.1. The zero-order valence-corrected chi connectivity index (χ0v) is 18.0. The van der Waals surface area contributed by atoms with Crippen molar-refractivity contribution >= 4 is 0 Å². The number of fused-ring (bicyclic) bond motifs is 2. The summed E-state index contributed by atoms with van der Waals surface area (Å²) in [6.45, 7) is 5.93. The van der Waals surface area contributed by atoms with E-state index < -0.39 is 17.5 Å². The average Bonchev–Trinajstić information content (AvgIpc) is 2.80. The molecule has 5 heteroatoms. The molecule has 0 unspecified atom stereocenters. The van der Waals surface area contributed by atoms with Crippen molar-refractivity contribution in [2.24, 2.45) is 0 Å². The van der Waals surface area contributed by atoms with Gasteiger partial charge in [0, 0.05) is 17.5 Å². The summed E-state index contributed by atoms with van der Waals surface area (Å²) in [4.78, 5) is 0. The molecular weight excluding hydrogens is 413 g/mol. The Morgan fingerprint density at radius 2 is 1.62 bits per heavy atom. The number of rotatable bonds is 8. The monoisotopic (exact) mass is 438 g/mol. The van der Waals surface area contributed by atoms with Crippen LogP contribution in [0.3, 0.4) is 0 Å². The van der Waals surface area contributed by atoms with Crippen LogP contribution in [0.5, 0.6) is 17.2 Å². The first-order valence-corrected chi connectivity index (χ1v) is 10.8. The predicted molar refractivity (Wildman–Crippen MR) is 119 cm³/mol. The van der Waals surface area contributed by atoms with Gasteiger partial charge in [-0.05, 0) is 48.1 Å². The summed E-state index contributed by atoms with van der Waals surface area (Å²) >= 11 is 0. The number of aryl methyl sites for hydroxylation is 2. The molecule has 3 aromatic rings. The number of allylic oxidation sites excluding steroid dienone is 1. The van der Waals surface area contributed by atoms with E-state index in [9.17, 15) is 8.78 Å². The largest absolute Gasteiger partial charge is 0.486 e. The van der Waals surface area contributed by atoms with Crippen LogP contribution in [0, 0.1) is 17.5 Å². The molecular formula is C27H25F3O2. The SMILES string of the molecule is C=CCCc1cc2c(c(F)c1F)Oc1c(ccc(OCc3ccc(CCC)cc3)c1F)C2. The van der Waals surface area contributed by atoms with Crippen LogP contribution in [0.1, 0.15) is 47.6 Å². The van der Waals surface area contributed by atoms with Gasteiger partial charge in [-0.1, -0.05) is 49.8 Å². The van der Waals surface area contributed by atoms with Crippen molar-refractivity contribution in [2.75, 3.05) is 0 Å². The molecule has 0 spiro atoms. The van der Waals surface area contributed by atoms with Crippen molar-refractivity contribution < 1.29 is 22.6 Å². The van der Waals surface area contributed by atoms with Gasteiger partial charge in [-0.25, -0.2) is 4.39 Å². The van der Waals surface area contributed by atoms with Gasteiger partial charge in [0.2, 0.25) is 11.6 Å². The lowest BCUT2D eigenvalue weighted by Gasteiger charge is -2.23. The molecule has 0 N–H and O–H groups in total. The van der Waals surface area contributed by atoms with Gasteiger partial charge < -0.3 is 9.47 Å². The number of benzene rings is 3. The smallest absolute Gasteiger partial charge is 0.207 e. The van der Waals surface area contributed by atoms with Crippen molar-refractivity contribution in [2.45, 2.75) is 45.6 Å². The number of ether oxygens (including phenoxy) is 2. The van der Waals surface area contributed by atoms with Crippen molar-refractivity contribution in [1.29, 1.82) is 0 Å². The second kappa shape index (κ2) is 9.51. The third kappa shape index (κ3) is 4.38. The lowest BCUT2D eigenvalue weighted by atomic mass is 9.96. The Kier molecular flexibility index (Phi) is 6.54. The minimum atomic E-state index is -1.09. The Labute approximate surface area is 186 Å². The first kappa shape index (κ1) is 22.0. The average molecular weight is 438 g/mol. The van der Waals surface area contributed by atoms with Gasteiger partial charge >= 0.3 is 0 Å². The van der Waals surface area contributed by atoms with E-state index in [2.05, 4.69) is 13.5 Å². The molecule has 0 aromatic heterocycles. The Balaban J connectivity index is 1.54. The van der Waals surface area contributed by atoms with Crippen LogP contribution < -0.4 is 9.47 Å². The summed E-state index contributed by atoms with van der Waals surface area (Å²) in [6, 6.07) is 12.8. The fourth-order valence-electron chi connectivity index (χ4n) is 3.90. The van der Waals surface area contributed by atoms with Crippen LogP contribution in [0.4, 0.5) is 13.2 Å². The van der Waals surface area contributed by atoms with Gasteiger partial charge in [0.1, 0.15) is 6.61 Å². The fraction of sp³-hybridized carbons (Fsp3) is 0.259. The van der Waals surface area contributed by atoms with E-state index in [1.807, 2.05) is 24.3 Å². The minimum absolute atomic E-state index is 0.00770. The second-order valence-corrected chi connectivity index (χ2v) is 7.98. The normalized spacial score (nSPS) is 12.0. The number of halogens is 3. The highest BCUT2D eigenvalue weighted by Crippen LogP contribution is 2.43. The molecule has 4 rings (SSSR count). The molecule has 1 aliphatic heterocycles. The maximum atomic E-state index is 15.1. The molecule has 0 amide bonds. The van der Waals surface area contributed by atoms with E-state index in [1.54, 1.807) is 24.3 Å². The summed E-state index contributed by atoms with van der Waals surface area (Å²) in [6.07, 6.45) is 4.85. The highest BCUT2D eigenvalue weighted by molar-refractivity contribution is 5.54. The molecule has 2 nitrogen and oxygen atoms in total. The molecule has 0 fully saturated rings. The second-order valence-electron chi connectivity index (χ2n) is 7.98. The molecule has 0 bridgehead atoms. The lowest BCUT2D eigenvalue weighted by molar-refractivity contribution is 0.282. The first-order valence-electron chi connectivity index (χ1n) is 10.8. The molecule has 32 heavy (non-hydrogen) atoms. The Bertz CT molecular complexity index is 1140. The van der Waals surface area contributed by atoms with E-state index in [0.717, 1.165) is 18.4 Å². The molecule has 1 aliphatic rings. The van der Waals surface area contributed by atoms with E-state index in [0.29, 0.717) is 24.0 Å². The molecule has 0 saturated heterocycles. The third-order valence-corrected chi connectivity index (χ3v) is 5.62. The van der Waals surface area contributed by atoms with Gasteiger partial charge in [0.15, 0.2) is 23.1 Å². The summed E-state index contributed by atoms with van der Waals surface area (Å²) in [7, 11) is 0. The van der Waals surface area contributed by atoms with Crippen LogP contribution in [0.25, 0.3) is 0 Å². The summed E-state index contributed by atoms with van der Waals surface area (Å²) in [5.41, 5.74) is 3.47. The van der Waals surface area contributed by atoms with Crippen LogP contribution in [-0.2, 0) is 25.9 Å². The third-order valence-electron chi connectivity index (χ3n) is 5.62. The minimum Gasteiger partial charge on any atom is -0.486 e. The quantitative estimate of drug-likeness (QED) is 0.266. The Hall–Kier alpha value is -3.21. The molecule has 0 aliphatic carbocycles. The predicted octanol–water partition coefficient (Wildman–Crippen LogP) is 7.45. The zero-order chi connectivity index (χ0) is 22.7. The first-order chi connectivity index (χ1) is 15.5. The highest BCUT2D eigenvalue weighted by atomic mass is 19.2. The molecule has 3 aromatic carbocycles. The Morgan fingerprint density at radius 1 is 0.906 bits per heavy atom. The van der Waals surface area contributed by atoms with Crippen LogP contribution in [0.2, 0.25) is 0 Å². The summed E-state index contributed by atoms with van der Waals surface area (Å²) < 4.78 is 55.4. The molecule has 166 valence electrons. The standard InChI is InChI=1S/C27H25F3O2/c1-3-5-7-19-14-21-15-20-12-13-22(24(29)26(20)32-27(21)25(30)23(19)28)31-16-18-10-8-17(6-4-2)9-11-18/h3,8-14H,1,4-7,15-16H2,2H3. The lowest BCUT2D eigenvalue weighted by Crippen LogP contribution is -2.10.